The lowest BCUT2D eigenvalue weighted by Crippen LogP contribution is -2.41. The maximum absolute atomic E-state index is 12.3. The molecule has 2 amide bonds. The average Bonchev–Trinajstić information content (AvgIpc) is 2.41. The van der Waals surface area contributed by atoms with Gasteiger partial charge in [-0.2, -0.15) is 0 Å². The summed E-state index contributed by atoms with van der Waals surface area (Å²) in [5.74, 6) is -0.506. The number of rotatable bonds is 2. The van der Waals surface area contributed by atoms with Crippen molar-refractivity contribution < 1.29 is 9.59 Å². The third-order valence-corrected chi connectivity index (χ3v) is 3.77. The number of nitrogens with zero attached hydrogens (tertiary/aromatic N) is 1. The van der Waals surface area contributed by atoms with Gasteiger partial charge in [-0.1, -0.05) is 11.6 Å². The van der Waals surface area contributed by atoms with E-state index in [0.717, 1.165) is 0 Å². The van der Waals surface area contributed by atoms with E-state index in [1.54, 1.807) is 23.1 Å². The second-order valence-corrected chi connectivity index (χ2v) is 5.11. The lowest BCUT2D eigenvalue weighted by atomic mass is 9.96. The van der Waals surface area contributed by atoms with E-state index in [2.05, 4.69) is 0 Å². The van der Waals surface area contributed by atoms with Crippen LogP contribution >= 0.6 is 11.6 Å². The number of amides is 2. The van der Waals surface area contributed by atoms with Gasteiger partial charge in [-0.25, -0.2) is 0 Å². The maximum Gasteiger partial charge on any atom is 0.253 e. The van der Waals surface area contributed by atoms with Gasteiger partial charge in [-0.3, -0.25) is 9.59 Å². The van der Waals surface area contributed by atoms with E-state index in [1.807, 2.05) is 0 Å². The SMILES string of the molecule is NC(=O)C1CCN(C(=O)c2ccc(Cl)c(N)c2)CC1. The molecule has 0 bridgehead atoms. The third kappa shape index (κ3) is 2.98. The number of nitrogens with two attached hydrogens (primary N) is 2. The smallest absolute Gasteiger partial charge is 0.253 e. The number of benzene rings is 1. The Labute approximate surface area is 116 Å². The summed E-state index contributed by atoms with van der Waals surface area (Å²) in [6.07, 6.45) is 1.23. The fourth-order valence-corrected chi connectivity index (χ4v) is 2.34. The Kier molecular flexibility index (Phi) is 3.95. The van der Waals surface area contributed by atoms with Crippen molar-refractivity contribution in [2.45, 2.75) is 12.8 Å². The van der Waals surface area contributed by atoms with Crippen molar-refractivity contribution in [1.82, 2.24) is 4.90 Å². The molecule has 4 N–H and O–H groups in total. The van der Waals surface area contributed by atoms with Gasteiger partial charge in [-0.05, 0) is 31.0 Å². The van der Waals surface area contributed by atoms with E-state index < -0.39 is 0 Å². The molecule has 1 aromatic rings. The summed E-state index contributed by atoms with van der Waals surface area (Å²) >= 11 is 5.82. The van der Waals surface area contributed by atoms with Crippen LogP contribution in [0.1, 0.15) is 23.2 Å². The van der Waals surface area contributed by atoms with Gasteiger partial charge in [0, 0.05) is 24.6 Å². The first kappa shape index (κ1) is 13.7. The molecule has 0 aromatic heterocycles. The fourth-order valence-electron chi connectivity index (χ4n) is 2.23. The molecule has 1 aliphatic heterocycles. The van der Waals surface area contributed by atoms with Crippen LogP contribution < -0.4 is 11.5 Å². The van der Waals surface area contributed by atoms with Gasteiger partial charge in [0.15, 0.2) is 0 Å². The molecule has 1 saturated heterocycles. The minimum absolute atomic E-state index is 0.0914. The molecule has 0 spiro atoms. The highest BCUT2D eigenvalue weighted by Crippen LogP contribution is 2.22. The molecule has 19 heavy (non-hydrogen) atoms. The van der Waals surface area contributed by atoms with Crippen molar-refractivity contribution >= 4 is 29.1 Å². The van der Waals surface area contributed by atoms with E-state index >= 15 is 0 Å². The zero-order chi connectivity index (χ0) is 14.0. The number of nitrogen functional groups attached to an aromatic ring is 1. The van der Waals surface area contributed by atoms with E-state index in [4.69, 9.17) is 23.1 Å². The van der Waals surface area contributed by atoms with Crippen LogP contribution in [0.5, 0.6) is 0 Å². The molecule has 1 fully saturated rings. The number of carbonyl (C=O) groups is 2. The van der Waals surface area contributed by atoms with Crippen molar-refractivity contribution in [2.75, 3.05) is 18.8 Å². The van der Waals surface area contributed by atoms with E-state index in [1.165, 1.54) is 0 Å². The number of halogens is 1. The second-order valence-electron chi connectivity index (χ2n) is 4.71. The molecule has 2 rings (SSSR count). The van der Waals surface area contributed by atoms with Crippen LogP contribution in [-0.2, 0) is 4.79 Å². The molecule has 0 unspecified atom stereocenters. The van der Waals surface area contributed by atoms with Gasteiger partial charge in [0.2, 0.25) is 5.91 Å². The first-order valence-corrected chi connectivity index (χ1v) is 6.50. The summed E-state index contributed by atoms with van der Waals surface area (Å²) < 4.78 is 0. The lowest BCUT2D eigenvalue weighted by molar-refractivity contribution is -0.123. The Bertz CT molecular complexity index is 511. The summed E-state index contributed by atoms with van der Waals surface area (Å²) in [5.41, 5.74) is 11.9. The Balaban J connectivity index is 2.05. The molecule has 1 aliphatic rings. The minimum atomic E-state index is -0.289. The van der Waals surface area contributed by atoms with Crippen molar-refractivity contribution in [2.24, 2.45) is 11.7 Å². The first-order chi connectivity index (χ1) is 8.99. The summed E-state index contributed by atoms with van der Waals surface area (Å²) in [7, 11) is 0. The Morgan fingerprint density at radius 1 is 1.26 bits per heavy atom. The number of hydrogen-bond donors (Lipinski definition) is 2. The zero-order valence-electron chi connectivity index (χ0n) is 10.4. The molecule has 6 heteroatoms. The van der Waals surface area contributed by atoms with E-state index in [-0.39, 0.29) is 17.7 Å². The minimum Gasteiger partial charge on any atom is -0.398 e. The third-order valence-electron chi connectivity index (χ3n) is 3.43. The number of anilines is 1. The predicted octanol–water partition coefficient (Wildman–Crippen LogP) is 1.26. The van der Waals surface area contributed by atoms with Gasteiger partial charge in [0.05, 0.1) is 10.7 Å². The van der Waals surface area contributed by atoms with Crippen LogP contribution in [0.2, 0.25) is 5.02 Å². The number of carbonyl (C=O) groups excluding carboxylic acids is 2. The molecule has 5 nitrogen and oxygen atoms in total. The van der Waals surface area contributed by atoms with Gasteiger partial charge in [0.25, 0.3) is 5.91 Å². The van der Waals surface area contributed by atoms with Crippen LogP contribution in [-0.4, -0.2) is 29.8 Å². The lowest BCUT2D eigenvalue weighted by Gasteiger charge is -2.30. The largest absolute Gasteiger partial charge is 0.398 e. The normalized spacial score (nSPS) is 16.4. The molecule has 0 radical (unpaired) electrons. The number of primary amides is 1. The zero-order valence-corrected chi connectivity index (χ0v) is 11.2. The average molecular weight is 282 g/mol. The highest BCUT2D eigenvalue weighted by molar-refractivity contribution is 6.33. The molecule has 102 valence electrons. The highest BCUT2D eigenvalue weighted by Gasteiger charge is 2.26. The summed E-state index contributed by atoms with van der Waals surface area (Å²) in [6.45, 7) is 1.07. The van der Waals surface area contributed by atoms with Crippen molar-refractivity contribution in [3.63, 3.8) is 0 Å². The molecule has 0 atom stereocenters. The van der Waals surface area contributed by atoms with Crippen molar-refractivity contribution in [1.29, 1.82) is 0 Å². The summed E-state index contributed by atoms with van der Waals surface area (Å²) in [6, 6.07) is 4.84. The molecule has 1 aromatic carbocycles. The van der Waals surface area contributed by atoms with Gasteiger partial charge >= 0.3 is 0 Å². The van der Waals surface area contributed by atoms with Crippen LogP contribution in [0, 0.1) is 5.92 Å². The van der Waals surface area contributed by atoms with E-state index in [9.17, 15) is 9.59 Å². The Morgan fingerprint density at radius 3 is 2.42 bits per heavy atom. The molecule has 0 aliphatic carbocycles. The van der Waals surface area contributed by atoms with Crippen LogP contribution in [0.4, 0.5) is 5.69 Å². The second kappa shape index (κ2) is 5.48. The maximum atomic E-state index is 12.3. The Morgan fingerprint density at radius 2 is 1.89 bits per heavy atom. The monoisotopic (exact) mass is 281 g/mol. The summed E-state index contributed by atoms with van der Waals surface area (Å²) in [4.78, 5) is 25.0. The number of likely N-dealkylation sites (tertiary alicyclic amines) is 1. The number of piperidine rings is 1. The number of hydrogen-bond acceptors (Lipinski definition) is 3. The topological polar surface area (TPSA) is 89.4 Å². The standard InChI is InChI=1S/C13H16ClN3O2/c14-10-2-1-9(7-11(10)15)13(19)17-5-3-8(4-6-17)12(16)18/h1-2,7-8H,3-6,15H2,(H2,16,18). The van der Waals surface area contributed by atoms with Crippen LogP contribution in [0.15, 0.2) is 18.2 Å². The van der Waals surface area contributed by atoms with Crippen molar-refractivity contribution in [3.8, 4) is 0 Å². The van der Waals surface area contributed by atoms with E-state index in [0.29, 0.717) is 42.2 Å². The predicted molar refractivity (Wildman–Crippen MR) is 73.7 cm³/mol. The first-order valence-electron chi connectivity index (χ1n) is 6.12. The van der Waals surface area contributed by atoms with Gasteiger partial charge < -0.3 is 16.4 Å². The van der Waals surface area contributed by atoms with Crippen molar-refractivity contribution in [3.05, 3.63) is 28.8 Å². The summed E-state index contributed by atoms with van der Waals surface area (Å²) in [5, 5.41) is 0.434. The molecule has 1 heterocycles. The quantitative estimate of drug-likeness (QED) is 0.800. The fraction of sp³-hybridized carbons (Fsp3) is 0.385. The highest BCUT2D eigenvalue weighted by atomic mass is 35.5. The van der Waals surface area contributed by atoms with Crippen LogP contribution in [0.3, 0.4) is 0 Å². The molecular weight excluding hydrogens is 266 g/mol. The Hall–Kier alpha value is -1.75. The van der Waals surface area contributed by atoms with Crippen LogP contribution in [0.25, 0.3) is 0 Å². The molecule has 0 saturated carbocycles. The van der Waals surface area contributed by atoms with Gasteiger partial charge in [0.1, 0.15) is 0 Å². The molecular formula is C13H16ClN3O2. The van der Waals surface area contributed by atoms with Gasteiger partial charge in [-0.15, -0.1) is 0 Å².